The summed E-state index contributed by atoms with van der Waals surface area (Å²) in [6.45, 7) is 5.22. The molecule has 0 aliphatic carbocycles. The highest BCUT2D eigenvalue weighted by atomic mass is 16.1. The van der Waals surface area contributed by atoms with Crippen LogP contribution in [0.25, 0.3) is 0 Å². The lowest BCUT2D eigenvalue weighted by molar-refractivity contribution is -0.119. The predicted octanol–water partition coefficient (Wildman–Crippen LogP) is 1.31. The third kappa shape index (κ3) is 4.46. The zero-order valence-corrected chi connectivity index (χ0v) is 10.9. The predicted molar refractivity (Wildman–Crippen MR) is 69.0 cm³/mol. The van der Waals surface area contributed by atoms with Gasteiger partial charge in [0.2, 0.25) is 5.91 Å². The van der Waals surface area contributed by atoms with E-state index in [0.717, 1.165) is 37.2 Å². The summed E-state index contributed by atoms with van der Waals surface area (Å²) >= 11 is 0. The first-order valence-electron chi connectivity index (χ1n) is 6.20. The van der Waals surface area contributed by atoms with Gasteiger partial charge in [-0.3, -0.25) is 9.48 Å². The van der Waals surface area contributed by atoms with E-state index in [0.29, 0.717) is 6.54 Å². The van der Waals surface area contributed by atoms with Crippen LogP contribution in [0.4, 0.5) is 5.69 Å². The van der Waals surface area contributed by atoms with Crippen molar-refractivity contribution in [3.05, 3.63) is 11.9 Å². The zero-order valence-electron chi connectivity index (χ0n) is 10.9. The Morgan fingerprint density at radius 2 is 2.24 bits per heavy atom. The molecule has 0 aromatic carbocycles. The van der Waals surface area contributed by atoms with E-state index in [4.69, 9.17) is 0 Å². The second-order valence-corrected chi connectivity index (χ2v) is 4.07. The highest BCUT2D eigenvalue weighted by molar-refractivity contribution is 5.80. The molecule has 0 aliphatic rings. The monoisotopic (exact) mass is 238 g/mol. The van der Waals surface area contributed by atoms with Gasteiger partial charge in [-0.15, -0.1) is 0 Å². The van der Waals surface area contributed by atoms with Crippen LogP contribution in [0, 0.1) is 0 Å². The van der Waals surface area contributed by atoms with E-state index in [-0.39, 0.29) is 5.91 Å². The normalized spacial score (nSPS) is 10.3. The molecule has 5 heteroatoms. The number of hydrogen-bond donors (Lipinski definition) is 2. The molecule has 1 rings (SSSR count). The molecule has 5 nitrogen and oxygen atoms in total. The SMILES string of the molecule is CCCCNC(=O)CNc1cn(C)nc1CC. The van der Waals surface area contributed by atoms with Crippen molar-refractivity contribution in [1.82, 2.24) is 15.1 Å². The molecule has 0 fully saturated rings. The molecule has 1 aromatic rings. The lowest BCUT2D eigenvalue weighted by Gasteiger charge is -2.06. The van der Waals surface area contributed by atoms with Gasteiger partial charge >= 0.3 is 0 Å². The summed E-state index contributed by atoms with van der Waals surface area (Å²) in [6, 6.07) is 0. The molecule has 2 N–H and O–H groups in total. The quantitative estimate of drug-likeness (QED) is 0.704. The number of carbonyl (C=O) groups excluding carboxylic acids is 1. The van der Waals surface area contributed by atoms with Crippen molar-refractivity contribution >= 4 is 11.6 Å². The van der Waals surface area contributed by atoms with E-state index < -0.39 is 0 Å². The van der Waals surface area contributed by atoms with Crippen LogP contribution in [-0.4, -0.2) is 28.8 Å². The maximum Gasteiger partial charge on any atom is 0.239 e. The average molecular weight is 238 g/mol. The summed E-state index contributed by atoms with van der Waals surface area (Å²) in [5, 5.41) is 10.3. The molecule has 96 valence electrons. The topological polar surface area (TPSA) is 59.0 Å². The largest absolute Gasteiger partial charge is 0.373 e. The number of carbonyl (C=O) groups is 1. The number of aryl methyl sites for hydroxylation is 2. The third-order valence-electron chi connectivity index (χ3n) is 2.53. The molecule has 17 heavy (non-hydrogen) atoms. The first kappa shape index (κ1) is 13.5. The number of hydrogen-bond acceptors (Lipinski definition) is 3. The molecule has 0 aliphatic heterocycles. The van der Waals surface area contributed by atoms with Crippen LogP contribution in [-0.2, 0) is 18.3 Å². The Labute approximate surface area is 103 Å². The van der Waals surface area contributed by atoms with Crippen LogP contribution >= 0.6 is 0 Å². The number of aromatic nitrogens is 2. The van der Waals surface area contributed by atoms with Crippen molar-refractivity contribution in [2.45, 2.75) is 33.1 Å². The smallest absolute Gasteiger partial charge is 0.239 e. The lowest BCUT2D eigenvalue weighted by Crippen LogP contribution is -2.30. The summed E-state index contributed by atoms with van der Waals surface area (Å²) in [5.74, 6) is 0.0318. The number of rotatable bonds is 7. The van der Waals surface area contributed by atoms with Gasteiger partial charge in [-0.1, -0.05) is 20.3 Å². The van der Waals surface area contributed by atoms with Crippen molar-refractivity contribution in [2.24, 2.45) is 7.05 Å². The molecule has 1 heterocycles. The van der Waals surface area contributed by atoms with Crippen molar-refractivity contribution in [3.8, 4) is 0 Å². The maximum atomic E-state index is 11.5. The van der Waals surface area contributed by atoms with Gasteiger partial charge in [-0.05, 0) is 12.8 Å². The van der Waals surface area contributed by atoms with Gasteiger partial charge in [0.05, 0.1) is 17.9 Å². The van der Waals surface area contributed by atoms with E-state index in [2.05, 4.69) is 29.6 Å². The molecule has 0 bridgehead atoms. The van der Waals surface area contributed by atoms with Gasteiger partial charge < -0.3 is 10.6 Å². The maximum absolute atomic E-state index is 11.5. The van der Waals surface area contributed by atoms with E-state index in [1.54, 1.807) is 4.68 Å². The van der Waals surface area contributed by atoms with Gasteiger partial charge in [0.1, 0.15) is 0 Å². The standard InChI is InChI=1S/C12H22N4O/c1-4-6-7-13-12(17)8-14-11-9-16(3)15-10(11)5-2/h9,14H,4-8H2,1-3H3,(H,13,17). The Hall–Kier alpha value is -1.52. The highest BCUT2D eigenvalue weighted by Gasteiger charge is 2.06. The summed E-state index contributed by atoms with van der Waals surface area (Å²) in [7, 11) is 1.88. The fourth-order valence-electron chi connectivity index (χ4n) is 1.59. The van der Waals surface area contributed by atoms with Gasteiger partial charge in [0.15, 0.2) is 0 Å². The van der Waals surface area contributed by atoms with E-state index in [1.165, 1.54) is 0 Å². The van der Waals surface area contributed by atoms with Crippen LogP contribution in [0.1, 0.15) is 32.4 Å². The first-order valence-corrected chi connectivity index (χ1v) is 6.20. The molecule has 0 atom stereocenters. The van der Waals surface area contributed by atoms with Crippen molar-refractivity contribution in [1.29, 1.82) is 0 Å². The Kier molecular flexibility index (Phi) is 5.52. The fourth-order valence-corrected chi connectivity index (χ4v) is 1.59. The van der Waals surface area contributed by atoms with Crippen molar-refractivity contribution < 1.29 is 4.79 Å². The van der Waals surface area contributed by atoms with Gasteiger partial charge in [0.25, 0.3) is 0 Å². The minimum absolute atomic E-state index is 0.0318. The van der Waals surface area contributed by atoms with Gasteiger partial charge in [-0.2, -0.15) is 5.10 Å². The molecular weight excluding hydrogens is 216 g/mol. The number of amides is 1. The van der Waals surface area contributed by atoms with Crippen molar-refractivity contribution in [3.63, 3.8) is 0 Å². The number of anilines is 1. The summed E-state index contributed by atoms with van der Waals surface area (Å²) in [4.78, 5) is 11.5. The number of nitrogens with one attached hydrogen (secondary N) is 2. The zero-order chi connectivity index (χ0) is 12.7. The lowest BCUT2D eigenvalue weighted by atomic mass is 10.3. The molecule has 0 spiro atoms. The molecule has 1 aromatic heterocycles. The molecular formula is C12H22N4O. The fraction of sp³-hybridized carbons (Fsp3) is 0.667. The van der Waals surface area contributed by atoms with Crippen LogP contribution in [0.2, 0.25) is 0 Å². The minimum atomic E-state index is 0.0318. The molecule has 0 radical (unpaired) electrons. The van der Waals surface area contributed by atoms with Crippen molar-refractivity contribution in [2.75, 3.05) is 18.4 Å². The van der Waals surface area contributed by atoms with E-state index >= 15 is 0 Å². The second kappa shape index (κ2) is 6.93. The van der Waals surface area contributed by atoms with Crippen LogP contribution < -0.4 is 10.6 Å². The average Bonchev–Trinajstić information content (AvgIpc) is 2.67. The number of unbranched alkanes of at least 4 members (excludes halogenated alkanes) is 1. The van der Waals surface area contributed by atoms with Gasteiger partial charge in [0, 0.05) is 19.8 Å². The summed E-state index contributed by atoms with van der Waals surface area (Å²) < 4.78 is 1.76. The highest BCUT2D eigenvalue weighted by Crippen LogP contribution is 2.12. The minimum Gasteiger partial charge on any atom is -0.373 e. The summed E-state index contributed by atoms with van der Waals surface area (Å²) in [6.07, 6.45) is 4.88. The summed E-state index contributed by atoms with van der Waals surface area (Å²) in [5.41, 5.74) is 1.94. The Morgan fingerprint density at radius 1 is 1.47 bits per heavy atom. The third-order valence-corrected chi connectivity index (χ3v) is 2.53. The molecule has 0 saturated heterocycles. The first-order chi connectivity index (χ1) is 8.17. The number of nitrogens with zero attached hydrogens (tertiary/aromatic N) is 2. The van der Waals surface area contributed by atoms with Crippen LogP contribution in [0.3, 0.4) is 0 Å². The Morgan fingerprint density at radius 3 is 2.88 bits per heavy atom. The van der Waals surface area contributed by atoms with E-state index in [9.17, 15) is 4.79 Å². The molecule has 0 unspecified atom stereocenters. The second-order valence-electron chi connectivity index (χ2n) is 4.07. The molecule has 0 saturated carbocycles. The van der Waals surface area contributed by atoms with E-state index in [1.807, 2.05) is 13.2 Å². The van der Waals surface area contributed by atoms with Gasteiger partial charge in [-0.25, -0.2) is 0 Å². The van der Waals surface area contributed by atoms with Crippen LogP contribution in [0.5, 0.6) is 0 Å². The molecule has 1 amide bonds. The van der Waals surface area contributed by atoms with Crippen LogP contribution in [0.15, 0.2) is 6.20 Å². The Balaban J connectivity index is 2.36. The Bertz CT molecular complexity index is 359.